The minimum absolute atomic E-state index is 0.180. The zero-order chi connectivity index (χ0) is 14.1. The van der Waals surface area contributed by atoms with Crippen LogP contribution in [0.15, 0.2) is 24.4 Å². The molecule has 0 aliphatic rings. The van der Waals surface area contributed by atoms with Crippen LogP contribution in [0.4, 0.5) is 0 Å². The smallest absolute Gasteiger partial charge is 0.377 e. The Kier molecular flexibility index (Phi) is 6.64. The van der Waals surface area contributed by atoms with Crippen LogP contribution in [0.2, 0.25) is 6.04 Å². The van der Waals surface area contributed by atoms with Gasteiger partial charge in [-0.25, -0.2) is 0 Å². The SMILES string of the molecule is CO[Si](CCCNC(=O)c1ccccn1)(OC)OC. The highest BCUT2D eigenvalue weighted by molar-refractivity contribution is 6.60. The molecule has 106 valence electrons. The first-order chi connectivity index (χ1) is 9.17. The molecule has 19 heavy (non-hydrogen) atoms. The van der Waals surface area contributed by atoms with Gasteiger partial charge in [-0.2, -0.15) is 0 Å². The second-order valence-electron chi connectivity index (χ2n) is 3.87. The number of nitrogens with one attached hydrogen (secondary N) is 1. The highest BCUT2D eigenvalue weighted by Crippen LogP contribution is 2.14. The maximum atomic E-state index is 11.7. The number of nitrogens with zero attached hydrogens (tertiary/aromatic N) is 1. The lowest BCUT2D eigenvalue weighted by Crippen LogP contribution is -2.43. The van der Waals surface area contributed by atoms with Crippen molar-refractivity contribution in [2.45, 2.75) is 12.5 Å². The van der Waals surface area contributed by atoms with Crippen molar-refractivity contribution >= 4 is 14.7 Å². The fourth-order valence-corrected chi connectivity index (χ4v) is 3.37. The van der Waals surface area contributed by atoms with E-state index in [1.165, 1.54) is 0 Å². The molecule has 6 nitrogen and oxygen atoms in total. The fourth-order valence-electron chi connectivity index (χ4n) is 1.65. The molecule has 0 radical (unpaired) electrons. The average Bonchev–Trinajstić information content (AvgIpc) is 2.49. The van der Waals surface area contributed by atoms with E-state index in [0.29, 0.717) is 18.3 Å². The van der Waals surface area contributed by atoms with E-state index in [2.05, 4.69) is 10.3 Å². The molecule has 1 aromatic heterocycles. The summed E-state index contributed by atoms with van der Waals surface area (Å²) >= 11 is 0. The summed E-state index contributed by atoms with van der Waals surface area (Å²) in [6.07, 6.45) is 2.31. The van der Waals surface area contributed by atoms with Gasteiger partial charge in [-0.05, 0) is 18.6 Å². The number of carbonyl (C=O) groups excluding carboxylic acids is 1. The van der Waals surface area contributed by atoms with Gasteiger partial charge in [0.1, 0.15) is 5.69 Å². The first-order valence-corrected chi connectivity index (χ1v) is 7.95. The van der Waals surface area contributed by atoms with Crippen LogP contribution in [0.5, 0.6) is 0 Å². The van der Waals surface area contributed by atoms with E-state index < -0.39 is 8.80 Å². The van der Waals surface area contributed by atoms with Gasteiger partial charge in [0.25, 0.3) is 5.91 Å². The van der Waals surface area contributed by atoms with E-state index in [1.807, 2.05) is 0 Å². The first kappa shape index (κ1) is 15.8. The Morgan fingerprint density at radius 2 is 1.95 bits per heavy atom. The molecule has 0 saturated heterocycles. The summed E-state index contributed by atoms with van der Waals surface area (Å²) in [6, 6.07) is 5.87. The zero-order valence-corrected chi connectivity index (χ0v) is 12.5. The summed E-state index contributed by atoms with van der Waals surface area (Å²) in [5, 5.41) is 2.80. The molecule has 0 aromatic carbocycles. The summed E-state index contributed by atoms with van der Waals surface area (Å²) in [5.74, 6) is -0.180. The van der Waals surface area contributed by atoms with E-state index in [4.69, 9.17) is 13.3 Å². The van der Waals surface area contributed by atoms with Crippen LogP contribution in [-0.4, -0.2) is 47.6 Å². The Morgan fingerprint density at radius 1 is 1.26 bits per heavy atom. The molecule has 1 rings (SSSR count). The standard InChI is InChI=1S/C12H20N2O4Si/c1-16-19(17-2,18-3)10-6-9-14-12(15)11-7-4-5-8-13-11/h4-5,7-8H,6,9-10H2,1-3H3,(H,14,15). The van der Waals surface area contributed by atoms with Crippen molar-refractivity contribution in [2.24, 2.45) is 0 Å². The molecule has 0 aliphatic heterocycles. The maximum absolute atomic E-state index is 11.7. The lowest BCUT2D eigenvalue weighted by atomic mass is 10.3. The van der Waals surface area contributed by atoms with Crippen LogP contribution in [-0.2, 0) is 13.3 Å². The van der Waals surface area contributed by atoms with E-state index in [9.17, 15) is 4.79 Å². The quantitative estimate of drug-likeness (QED) is 0.571. The van der Waals surface area contributed by atoms with Crippen molar-refractivity contribution in [1.29, 1.82) is 0 Å². The van der Waals surface area contributed by atoms with Crippen molar-refractivity contribution < 1.29 is 18.1 Å². The van der Waals surface area contributed by atoms with Crippen LogP contribution in [0.3, 0.4) is 0 Å². The molecule has 1 heterocycles. The second-order valence-corrected chi connectivity index (χ2v) is 6.96. The Hall–Kier alpha value is -1.28. The number of hydrogen-bond donors (Lipinski definition) is 1. The number of aromatic nitrogens is 1. The van der Waals surface area contributed by atoms with Crippen molar-refractivity contribution in [3.8, 4) is 0 Å². The molecule has 0 fully saturated rings. The van der Waals surface area contributed by atoms with Gasteiger partial charge in [0.05, 0.1) is 0 Å². The van der Waals surface area contributed by atoms with Crippen molar-refractivity contribution in [3.05, 3.63) is 30.1 Å². The molecule has 0 spiro atoms. The van der Waals surface area contributed by atoms with E-state index >= 15 is 0 Å². The van der Waals surface area contributed by atoms with Crippen LogP contribution in [0.25, 0.3) is 0 Å². The Balaban J connectivity index is 2.33. The normalized spacial score (nSPS) is 11.3. The lowest BCUT2D eigenvalue weighted by Gasteiger charge is -2.24. The molecule has 0 saturated carbocycles. The van der Waals surface area contributed by atoms with Crippen molar-refractivity contribution in [1.82, 2.24) is 10.3 Å². The Morgan fingerprint density at radius 3 is 2.47 bits per heavy atom. The van der Waals surface area contributed by atoms with Crippen LogP contribution < -0.4 is 5.32 Å². The lowest BCUT2D eigenvalue weighted by molar-refractivity contribution is 0.0944. The third kappa shape index (κ3) is 4.71. The van der Waals surface area contributed by atoms with Crippen LogP contribution >= 0.6 is 0 Å². The highest BCUT2D eigenvalue weighted by atomic mass is 28.4. The molecule has 0 atom stereocenters. The summed E-state index contributed by atoms with van der Waals surface area (Å²) in [4.78, 5) is 15.7. The molecule has 0 unspecified atom stereocenters. The summed E-state index contributed by atoms with van der Waals surface area (Å²) in [7, 11) is 2.19. The van der Waals surface area contributed by atoms with Crippen molar-refractivity contribution in [3.63, 3.8) is 0 Å². The predicted octanol–water partition coefficient (Wildman–Crippen LogP) is 1.08. The number of hydrogen-bond acceptors (Lipinski definition) is 5. The van der Waals surface area contributed by atoms with Gasteiger partial charge in [-0.3, -0.25) is 9.78 Å². The zero-order valence-electron chi connectivity index (χ0n) is 11.5. The molecular weight excluding hydrogens is 264 g/mol. The van der Waals surface area contributed by atoms with Gasteiger partial charge in [0.2, 0.25) is 0 Å². The summed E-state index contributed by atoms with van der Waals surface area (Å²) < 4.78 is 15.9. The largest absolute Gasteiger partial charge is 0.500 e. The van der Waals surface area contributed by atoms with E-state index in [0.717, 1.165) is 6.42 Å². The fraction of sp³-hybridized carbons (Fsp3) is 0.500. The predicted molar refractivity (Wildman–Crippen MR) is 72.8 cm³/mol. The molecule has 1 N–H and O–H groups in total. The topological polar surface area (TPSA) is 69.7 Å². The second kappa shape index (κ2) is 8.00. The number of amides is 1. The monoisotopic (exact) mass is 284 g/mol. The molecule has 1 aromatic rings. The van der Waals surface area contributed by atoms with E-state index in [1.54, 1.807) is 45.7 Å². The third-order valence-electron chi connectivity index (χ3n) is 2.78. The minimum atomic E-state index is -2.54. The van der Waals surface area contributed by atoms with Gasteiger partial charge in [0, 0.05) is 40.1 Å². The summed E-state index contributed by atoms with van der Waals surface area (Å²) in [6.45, 7) is 0.528. The van der Waals surface area contributed by atoms with Gasteiger partial charge in [-0.1, -0.05) is 6.07 Å². The first-order valence-electron chi connectivity index (χ1n) is 6.02. The van der Waals surface area contributed by atoms with Crippen molar-refractivity contribution in [2.75, 3.05) is 27.9 Å². The summed E-state index contributed by atoms with van der Waals surface area (Å²) in [5.41, 5.74) is 0.413. The third-order valence-corrected chi connectivity index (χ3v) is 5.61. The molecule has 0 aliphatic carbocycles. The molecule has 0 bridgehead atoms. The van der Waals surface area contributed by atoms with E-state index in [-0.39, 0.29) is 5.91 Å². The number of carbonyl (C=O) groups is 1. The Bertz CT molecular complexity index is 376. The molecule has 7 heteroatoms. The number of rotatable bonds is 8. The van der Waals surface area contributed by atoms with Gasteiger partial charge >= 0.3 is 8.80 Å². The van der Waals surface area contributed by atoms with Crippen LogP contribution in [0.1, 0.15) is 16.9 Å². The molecule has 1 amide bonds. The number of pyridine rings is 1. The minimum Gasteiger partial charge on any atom is -0.377 e. The van der Waals surface area contributed by atoms with Gasteiger partial charge in [0.15, 0.2) is 0 Å². The van der Waals surface area contributed by atoms with Gasteiger partial charge < -0.3 is 18.6 Å². The Labute approximate surface area is 114 Å². The highest BCUT2D eigenvalue weighted by Gasteiger charge is 2.36. The maximum Gasteiger partial charge on any atom is 0.500 e. The molecular formula is C12H20N2O4Si. The van der Waals surface area contributed by atoms with Crippen LogP contribution in [0, 0.1) is 0 Å². The van der Waals surface area contributed by atoms with Gasteiger partial charge in [-0.15, -0.1) is 0 Å². The average molecular weight is 284 g/mol.